The summed E-state index contributed by atoms with van der Waals surface area (Å²) in [6.45, 7) is 0. The third kappa shape index (κ3) is 6.71. The largest absolute Gasteiger partial charge is 0.457 e. The molecular weight excluding hydrogens is 488 g/mol. The van der Waals surface area contributed by atoms with Gasteiger partial charge in [0, 0.05) is 6.04 Å². The van der Waals surface area contributed by atoms with E-state index >= 15 is 0 Å². The van der Waals surface area contributed by atoms with Crippen LogP contribution in [0.2, 0.25) is 5.02 Å². The van der Waals surface area contributed by atoms with E-state index < -0.39 is 27.7 Å². The Labute approximate surface area is 208 Å². The molecule has 0 bridgehead atoms. The minimum atomic E-state index is -3.19. The van der Waals surface area contributed by atoms with Crippen molar-refractivity contribution in [2.24, 2.45) is 0 Å². The van der Waals surface area contributed by atoms with Crippen LogP contribution < -0.4 is 15.4 Å². The maximum absolute atomic E-state index is 13.1. The van der Waals surface area contributed by atoms with Crippen LogP contribution in [0.3, 0.4) is 0 Å². The average Bonchev–Trinajstić information content (AvgIpc) is 3.17. The van der Waals surface area contributed by atoms with Crippen LogP contribution >= 0.6 is 11.6 Å². The van der Waals surface area contributed by atoms with Crippen LogP contribution in [0.25, 0.3) is 6.08 Å². The Morgan fingerprint density at radius 2 is 1.66 bits per heavy atom. The topological polar surface area (TPSA) is 102 Å². The van der Waals surface area contributed by atoms with Gasteiger partial charge in [0.1, 0.15) is 17.2 Å². The van der Waals surface area contributed by atoms with Gasteiger partial charge in [0.25, 0.3) is 11.8 Å². The quantitative estimate of drug-likeness (QED) is 0.464. The van der Waals surface area contributed by atoms with Gasteiger partial charge in [-0.15, -0.1) is 0 Å². The van der Waals surface area contributed by atoms with E-state index in [9.17, 15) is 18.0 Å². The maximum atomic E-state index is 13.1. The standard InChI is InChI=1S/C26H23ClN2O5S/c27-23-12-5-4-11-22(23)25(30)29-24(26(31)28-19-13-14-35(32,33)17-19)16-18-7-6-10-21(15-18)34-20-8-2-1-3-9-20/h1-12,15-16,19H,13-14,17H2,(H,28,31)(H,29,30). The van der Waals surface area contributed by atoms with Gasteiger partial charge in [-0.05, 0) is 54.5 Å². The van der Waals surface area contributed by atoms with Gasteiger partial charge >= 0.3 is 0 Å². The van der Waals surface area contributed by atoms with Crippen molar-refractivity contribution in [2.45, 2.75) is 12.5 Å². The fraction of sp³-hybridized carbons (Fsp3) is 0.154. The molecule has 0 saturated carbocycles. The van der Waals surface area contributed by atoms with E-state index in [-0.39, 0.29) is 27.8 Å². The molecule has 1 aliphatic rings. The van der Waals surface area contributed by atoms with Gasteiger partial charge in [-0.3, -0.25) is 9.59 Å². The van der Waals surface area contributed by atoms with Crippen LogP contribution in [0.1, 0.15) is 22.3 Å². The zero-order chi connectivity index (χ0) is 24.8. The molecule has 1 unspecified atom stereocenters. The summed E-state index contributed by atoms with van der Waals surface area (Å²) < 4.78 is 29.5. The lowest BCUT2D eigenvalue weighted by Crippen LogP contribution is -2.41. The number of nitrogens with one attached hydrogen (secondary N) is 2. The highest BCUT2D eigenvalue weighted by Crippen LogP contribution is 2.23. The second kappa shape index (κ2) is 10.8. The average molecular weight is 511 g/mol. The molecule has 9 heteroatoms. The van der Waals surface area contributed by atoms with Crippen molar-refractivity contribution in [3.8, 4) is 11.5 Å². The second-order valence-corrected chi connectivity index (χ2v) is 10.7. The van der Waals surface area contributed by atoms with E-state index in [1.54, 1.807) is 48.5 Å². The molecule has 1 fully saturated rings. The lowest BCUT2D eigenvalue weighted by atomic mass is 10.1. The molecule has 3 aromatic carbocycles. The third-order valence-corrected chi connectivity index (χ3v) is 7.42. The smallest absolute Gasteiger partial charge is 0.268 e. The first-order valence-electron chi connectivity index (χ1n) is 10.9. The molecule has 0 radical (unpaired) electrons. The van der Waals surface area contributed by atoms with E-state index in [4.69, 9.17) is 16.3 Å². The normalized spacial score (nSPS) is 16.9. The fourth-order valence-corrected chi connectivity index (χ4v) is 5.52. The monoisotopic (exact) mass is 510 g/mol. The van der Waals surface area contributed by atoms with Crippen molar-refractivity contribution in [1.82, 2.24) is 10.6 Å². The number of ether oxygens (including phenoxy) is 1. The number of amides is 2. The van der Waals surface area contributed by atoms with Gasteiger partial charge in [-0.1, -0.05) is 54.1 Å². The van der Waals surface area contributed by atoms with Crippen LogP contribution in [-0.4, -0.2) is 37.8 Å². The molecular formula is C26H23ClN2O5S. The molecule has 1 heterocycles. The molecule has 180 valence electrons. The molecule has 2 amide bonds. The summed E-state index contributed by atoms with van der Waals surface area (Å²) in [6.07, 6.45) is 1.82. The Balaban J connectivity index is 1.60. The van der Waals surface area contributed by atoms with Gasteiger partial charge in [-0.25, -0.2) is 8.42 Å². The summed E-state index contributed by atoms with van der Waals surface area (Å²) in [4.78, 5) is 26.0. The summed E-state index contributed by atoms with van der Waals surface area (Å²) in [5.74, 6) is -0.0769. The summed E-state index contributed by atoms with van der Waals surface area (Å²) in [5, 5.41) is 5.58. The first-order chi connectivity index (χ1) is 16.8. The van der Waals surface area contributed by atoms with Crippen LogP contribution in [0.5, 0.6) is 11.5 Å². The molecule has 0 aliphatic carbocycles. The molecule has 35 heavy (non-hydrogen) atoms. The summed E-state index contributed by atoms with van der Waals surface area (Å²) in [5.41, 5.74) is 0.760. The number of para-hydroxylation sites is 1. The first kappa shape index (κ1) is 24.5. The van der Waals surface area contributed by atoms with E-state index in [0.717, 1.165) is 0 Å². The van der Waals surface area contributed by atoms with Gasteiger partial charge < -0.3 is 15.4 Å². The molecule has 0 spiro atoms. The lowest BCUT2D eigenvalue weighted by Gasteiger charge is -2.15. The van der Waals surface area contributed by atoms with Gasteiger partial charge in [0.05, 0.1) is 22.1 Å². The second-order valence-electron chi connectivity index (χ2n) is 8.05. The Kier molecular flexibility index (Phi) is 7.53. The molecule has 0 aromatic heterocycles. The summed E-state index contributed by atoms with van der Waals surface area (Å²) >= 11 is 6.14. The van der Waals surface area contributed by atoms with Crippen molar-refractivity contribution in [3.63, 3.8) is 0 Å². The summed E-state index contributed by atoms with van der Waals surface area (Å²) in [7, 11) is -3.19. The van der Waals surface area contributed by atoms with Crippen molar-refractivity contribution < 1.29 is 22.7 Å². The summed E-state index contributed by atoms with van der Waals surface area (Å²) in [6, 6.07) is 22.2. The Morgan fingerprint density at radius 1 is 0.943 bits per heavy atom. The van der Waals surface area contributed by atoms with E-state index in [0.29, 0.717) is 23.5 Å². The Hall–Kier alpha value is -3.62. The Bertz CT molecular complexity index is 1370. The number of benzene rings is 3. The zero-order valence-corrected chi connectivity index (χ0v) is 20.2. The first-order valence-corrected chi connectivity index (χ1v) is 13.1. The zero-order valence-electron chi connectivity index (χ0n) is 18.6. The van der Waals surface area contributed by atoms with Crippen molar-refractivity contribution in [3.05, 3.63) is 101 Å². The minimum absolute atomic E-state index is 0.0157. The van der Waals surface area contributed by atoms with Crippen LogP contribution in [0.15, 0.2) is 84.6 Å². The van der Waals surface area contributed by atoms with Gasteiger partial charge in [0.15, 0.2) is 9.84 Å². The van der Waals surface area contributed by atoms with Gasteiger partial charge in [-0.2, -0.15) is 0 Å². The number of rotatable bonds is 7. The van der Waals surface area contributed by atoms with Crippen LogP contribution in [0.4, 0.5) is 0 Å². The molecule has 2 N–H and O–H groups in total. The predicted octanol–water partition coefficient (Wildman–Crippen LogP) is 4.21. The van der Waals surface area contributed by atoms with E-state index in [2.05, 4.69) is 10.6 Å². The number of carbonyl (C=O) groups is 2. The van der Waals surface area contributed by atoms with Crippen LogP contribution in [-0.2, 0) is 14.6 Å². The van der Waals surface area contributed by atoms with Crippen molar-refractivity contribution in [2.75, 3.05) is 11.5 Å². The fourth-order valence-electron chi connectivity index (χ4n) is 3.62. The van der Waals surface area contributed by atoms with Crippen LogP contribution in [0, 0.1) is 0 Å². The highest BCUT2D eigenvalue weighted by molar-refractivity contribution is 7.91. The molecule has 1 atom stereocenters. The maximum Gasteiger partial charge on any atom is 0.268 e. The van der Waals surface area contributed by atoms with Crippen molar-refractivity contribution >= 4 is 39.3 Å². The SMILES string of the molecule is O=C(NC1CCS(=O)(=O)C1)C(=Cc1cccc(Oc2ccccc2)c1)NC(=O)c1ccccc1Cl. The number of sulfone groups is 1. The lowest BCUT2D eigenvalue weighted by molar-refractivity contribution is -0.118. The molecule has 3 aromatic rings. The molecule has 1 aliphatic heterocycles. The number of halogens is 1. The Morgan fingerprint density at radius 3 is 2.37 bits per heavy atom. The number of hydrogen-bond donors (Lipinski definition) is 2. The highest BCUT2D eigenvalue weighted by atomic mass is 35.5. The van der Waals surface area contributed by atoms with Crippen molar-refractivity contribution in [1.29, 1.82) is 0 Å². The molecule has 7 nitrogen and oxygen atoms in total. The third-order valence-electron chi connectivity index (χ3n) is 5.33. The number of hydrogen-bond acceptors (Lipinski definition) is 5. The predicted molar refractivity (Wildman–Crippen MR) is 135 cm³/mol. The molecule has 4 rings (SSSR count). The number of carbonyl (C=O) groups excluding carboxylic acids is 2. The van der Waals surface area contributed by atoms with E-state index in [1.165, 1.54) is 6.08 Å². The van der Waals surface area contributed by atoms with Gasteiger partial charge in [0.2, 0.25) is 0 Å². The highest BCUT2D eigenvalue weighted by Gasteiger charge is 2.30. The minimum Gasteiger partial charge on any atom is -0.457 e. The molecule has 1 saturated heterocycles. The van der Waals surface area contributed by atoms with E-state index in [1.807, 2.05) is 30.3 Å².